The van der Waals surface area contributed by atoms with Crippen LogP contribution < -0.4 is 5.90 Å². The monoisotopic (exact) mass is 173 g/mol. The molecular weight excluding hydrogens is 162 g/mol. The van der Waals surface area contributed by atoms with Crippen LogP contribution in [-0.2, 0) is 14.4 Å². The van der Waals surface area contributed by atoms with Gasteiger partial charge in [-0.1, -0.05) is 5.92 Å². The Kier molecular flexibility index (Phi) is 5.04. The average Bonchev–Trinajstić information content (AvgIpc) is 2.04. The normalized spacial score (nSPS) is 14.0. The second-order valence-corrected chi connectivity index (χ2v) is 1.94. The summed E-state index contributed by atoms with van der Waals surface area (Å²) < 4.78 is 4.48. The molecule has 0 radical (unpaired) electrons. The van der Waals surface area contributed by atoms with Crippen LogP contribution in [0.3, 0.4) is 0 Å². The Morgan fingerprint density at radius 2 is 2.25 bits per heavy atom. The van der Waals surface area contributed by atoms with Crippen molar-refractivity contribution in [3.63, 3.8) is 0 Å². The van der Waals surface area contributed by atoms with Crippen molar-refractivity contribution >= 4 is 5.97 Å². The molecule has 0 aromatic rings. The molecule has 0 aromatic carbocycles. The highest BCUT2D eigenvalue weighted by Crippen LogP contribution is 1.93. The van der Waals surface area contributed by atoms with Gasteiger partial charge in [-0.3, -0.25) is 4.84 Å². The van der Waals surface area contributed by atoms with Gasteiger partial charge >= 0.3 is 5.97 Å². The second kappa shape index (κ2) is 5.55. The Morgan fingerprint density at radius 3 is 2.67 bits per heavy atom. The predicted molar refractivity (Wildman–Crippen MR) is 40.3 cm³/mol. The molecule has 0 fully saturated rings. The molecule has 0 aliphatic rings. The topological polar surface area (TPSA) is 81.8 Å². The first-order valence-electron chi connectivity index (χ1n) is 3.28. The van der Waals surface area contributed by atoms with Crippen LogP contribution in [0.4, 0.5) is 0 Å². The second-order valence-electron chi connectivity index (χ2n) is 1.94. The number of carbonyl (C=O) groups excluding carboxylic acids is 1. The number of nitrogens with two attached hydrogens (primary N) is 1. The minimum atomic E-state index is -1.44. The lowest BCUT2D eigenvalue weighted by Crippen LogP contribution is -2.28. The summed E-state index contributed by atoms with van der Waals surface area (Å²) in [6.07, 6.45) is -2.32. The summed E-state index contributed by atoms with van der Waals surface area (Å²) in [5, 5.41) is 8.92. The number of hydrogen-bond acceptors (Lipinski definition) is 5. The number of rotatable bonds is 3. The Morgan fingerprint density at radius 1 is 1.67 bits per heavy atom. The maximum atomic E-state index is 10.8. The van der Waals surface area contributed by atoms with Gasteiger partial charge in [0.1, 0.15) is 0 Å². The van der Waals surface area contributed by atoms with Crippen LogP contribution in [0.5, 0.6) is 0 Å². The van der Waals surface area contributed by atoms with E-state index in [1.54, 1.807) is 0 Å². The standard InChI is InChI=1S/C7H11NO4/c1-3-4-6(9)7(10)11-5(2)12-8/h5-6,9H,8H2,1-2H3. The zero-order chi connectivity index (χ0) is 9.56. The van der Waals surface area contributed by atoms with E-state index in [0.29, 0.717) is 0 Å². The molecule has 3 N–H and O–H groups in total. The van der Waals surface area contributed by atoms with Crippen molar-refractivity contribution in [2.24, 2.45) is 5.90 Å². The molecule has 0 saturated heterocycles. The van der Waals surface area contributed by atoms with Gasteiger partial charge in [-0.25, -0.2) is 10.7 Å². The maximum absolute atomic E-state index is 10.8. The largest absolute Gasteiger partial charge is 0.432 e. The fourth-order valence-electron chi connectivity index (χ4n) is 0.451. The summed E-state index contributed by atoms with van der Waals surface area (Å²) in [5.41, 5.74) is 0. The SMILES string of the molecule is CC#CC(O)C(=O)OC(C)ON. The summed E-state index contributed by atoms with van der Waals surface area (Å²) in [4.78, 5) is 14.9. The predicted octanol–water partition coefficient (Wildman–Crippen LogP) is -0.850. The molecule has 5 heteroatoms. The maximum Gasteiger partial charge on any atom is 0.350 e. The molecule has 5 nitrogen and oxygen atoms in total. The molecule has 12 heavy (non-hydrogen) atoms. The van der Waals surface area contributed by atoms with Gasteiger partial charge < -0.3 is 9.84 Å². The Labute approximate surface area is 70.4 Å². The van der Waals surface area contributed by atoms with E-state index in [1.807, 2.05) is 0 Å². The number of hydrogen-bond donors (Lipinski definition) is 2. The van der Waals surface area contributed by atoms with Crippen molar-refractivity contribution < 1.29 is 19.5 Å². The number of esters is 1. The van der Waals surface area contributed by atoms with Crippen molar-refractivity contribution in [1.29, 1.82) is 0 Å². The summed E-state index contributed by atoms with van der Waals surface area (Å²) in [6, 6.07) is 0. The molecule has 0 aliphatic carbocycles. The highest BCUT2D eigenvalue weighted by Gasteiger charge is 2.16. The Hall–Kier alpha value is -1.09. The van der Waals surface area contributed by atoms with Crippen molar-refractivity contribution in [2.45, 2.75) is 26.2 Å². The van der Waals surface area contributed by atoms with Gasteiger partial charge in [0, 0.05) is 0 Å². The first-order chi connectivity index (χ1) is 5.61. The van der Waals surface area contributed by atoms with Gasteiger partial charge in [-0.15, -0.1) is 5.92 Å². The van der Waals surface area contributed by atoms with E-state index in [2.05, 4.69) is 21.4 Å². The van der Waals surface area contributed by atoms with E-state index in [4.69, 9.17) is 11.0 Å². The van der Waals surface area contributed by atoms with E-state index in [1.165, 1.54) is 13.8 Å². The molecule has 0 aromatic heterocycles. The van der Waals surface area contributed by atoms with Gasteiger partial charge in [0.25, 0.3) is 0 Å². The van der Waals surface area contributed by atoms with Crippen LogP contribution in [-0.4, -0.2) is 23.5 Å². The van der Waals surface area contributed by atoms with Crippen LogP contribution in [0.1, 0.15) is 13.8 Å². The minimum Gasteiger partial charge on any atom is -0.432 e. The summed E-state index contributed by atoms with van der Waals surface area (Å²) in [5.74, 6) is 8.40. The minimum absolute atomic E-state index is 0.873. The van der Waals surface area contributed by atoms with Gasteiger partial charge in [-0.2, -0.15) is 0 Å². The lowest BCUT2D eigenvalue weighted by Gasteiger charge is -2.10. The highest BCUT2D eigenvalue weighted by atomic mass is 16.8. The third-order valence-electron chi connectivity index (χ3n) is 0.978. The first kappa shape index (κ1) is 10.9. The zero-order valence-electron chi connectivity index (χ0n) is 6.90. The number of ether oxygens (including phenoxy) is 1. The lowest BCUT2D eigenvalue weighted by atomic mass is 10.4. The third-order valence-corrected chi connectivity index (χ3v) is 0.978. The molecule has 0 aliphatic heterocycles. The van der Waals surface area contributed by atoms with Crippen LogP contribution in [0.25, 0.3) is 0 Å². The molecule has 0 bridgehead atoms. The van der Waals surface area contributed by atoms with Crippen LogP contribution in [0.2, 0.25) is 0 Å². The van der Waals surface area contributed by atoms with Crippen LogP contribution in [0.15, 0.2) is 0 Å². The van der Waals surface area contributed by atoms with Crippen molar-refractivity contribution in [3.8, 4) is 11.8 Å². The van der Waals surface area contributed by atoms with Gasteiger partial charge in [0.15, 0.2) is 0 Å². The Bertz CT molecular complexity index is 205. The third kappa shape index (κ3) is 3.93. The number of carbonyl (C=O) groups is 1. The van der Waals surface area contributed by atoms with Crippen LogP contribution >= 0.6 is 0 Å². The molecule has 68 valence electrons. The van der Waals surface area contributed by atoms with Gasteiger partial charge in [-0.05, 0) is 13.8 Å². The lowest BCUT2D eigenvalue weighted by molar-refractivity contribution is -0.182. The van der Waals surface area contributed by atoms with Crippen LogP contribution in [0, 0.1) is 11.8 Å². The highest BCUT2D eigenvalue weighted by molar-refractivity contribution is 5.77. The molecule has 0 saturated carbocycles. The molecule has 0 rings (SSSR count). The van der Waals surface area contributed by atoms with Gasteiger partial charge in [0.05, 0.1) is 0 Å². The van der Waals surface area contributed by atoms with E-state index in [0.717, 1.165) is 0 Å². The van der Waals surface area contributed by atoms with Crippen molar-refractivity contribution in [1.82, 2.24) is 0 Å². The fraction of sp³-hybridized carbons (Fsp3) is 0.571. The summed E-state index contributed by atoms with van der Waals surface area (Å²) in [7, 11) is 0. The van der Waals surface area contributed by atoms with E-state index < -0.39 is 18.4 Å². The van der Waals surface area contributed by atoms with Crippen molar-refractivity contribution in [2.75, 3.05) is 0 Å². The smallest absolute Gasteiger partial charge is 0.350 e. The fourth-order valence-corrected chi connectivity index (χ4v) is 0.451. The van der Waals surface area contributed by atoms with Crippen molar-refractivity contribution in [3.05, 3.63) is 0 Å². The molecule has 2 atom stereocenters. The molecule has 0 spiro atoms. The van der Waals surface area contributed by atoms with E-state index >= 15 is 0 Å². The number of aliphatic hydroxyl groups excluding tert-OH is 1. The molecule has 0 heterocycles. The molecule has 0 amide bonds. The summed E-state index contributed by atoms with van der Waals surface area (Å²) >= 11 is 0. The zero-order valence-corrected chi connectivity index (χ0v) is 6.90. The average molecular weight is 173 g/mol. The first-order valence-corrected chi connectivity index (χ1v) is 3.28. The quantitative estimate of drug-likeness (QED) is 0.251. The van der Waals surface area contributed by atoms with Gasteiger partial charge in [0.2, 0.25) is 12.4 Å². The van der Waals surface area contributed by atoms with E-state index in [-0.39, 0.29) is 0 Å². The summed E-state index contributed by atoms with van der Waals surface area (Å²) in [6.45, 7) is 2.92. The Balaban J connectivity index is 3.92. The molecule has 2 unspecified atom stereocenters. The molecular formula is C7H11NO4. The van der Waals surface area contributed by atoms with E-state index in [9.17, 15) is 4.79 Å². The number of aliphatic hydroxyl groups is 1.